The average molecular weight is 560 g/mol. The van der Waals surface area contributed by atoms with E-state index in [4.69, 9.17) is 9.47 Å². The van der Waals surface area contributed by atoms with Crippen LogP contribution in [-0.2, 0) is 19.1 Å². The van der Waals surface area contributed by atoms with E-state index in [0.717, 1.165) is 81.1 Å². The number of imidazole rings is 1. The molecule has 5 rings (SSSR count). The van der Waals surface area contributed by atoms with Crippen molar-refractivity contribution in [2.45, 2.75) is 44.5 Å². The van der Waals surface area contributed by atoms with Crippen LogP contribution in [-0.4, -0.2) is 64.8 Å². The zero-order chi connectivity index (χ0) is 28.1. The third-order valence-electron chi connectivity index (χ3n) is 7.33. The Bertz CT molecular complexity index is 1280. The highest BCUT2D eigenvalue weighted by Crippen LogP contribution is 2.29. The number of hydrogen-bond donors (Lipinski definition) is 0. The zero-order valence-electron chi connectivity index (χ0n) is 22.1. The first-order chi connectivity index (χ1) is 19.2. The van der Waals surface area contributed by atoms with Crippen LogP contribution in [0, 0.1) is 10.1 Å². The lowest BCUT2D eigenvalue weighted by Crippen LogP contribution is -2.31. The van der Waals surface area contributed by atoms with Crippen LogP contribution in [0.2, 0.25) is 0 Å². The van der Waals surface area contributed by atoms with Gasteiger partial charge in [-0.3, -0.25) is 4.57 Å². The Balaban J connectivity index is 1.04. The maximum absolute atomic E-state index is 12.8. The van der Waals surface area contributed by atoms with Gasteiger partial charge in [-0.1, -0.05) is 12.1 Å². The maximum Gasteiger partial charge on any atom is 0.416 e. The van der Waals surface area contributed by atoms with Gasteiger partial charge in [0.25, 0.3) is 0 Å². The molecule has 1 atom stereocenters. The Hall–Kier alpha value is -3.80. The van der Waals surface area contributed by atoms with Gasteiger partial charge in [0.2, 0.25) is 0 Å². The summed E-state index contributed by atoms with van der Waals surface area (Å²) in [6.07, 6.45) is 0.226. The summed E-state index contributed by atoms with van der Waals surface area (Å²) in [5.74, 6) is 0.508. The van der Waals surface area contributed by atoms with Gasteiger partial charge in [0, 0.05) is 43.3 Å². The fraction of sp³-hybridized carbons (Fsp3) is 0.464. The van der Waals surface area contributed by atoms with E-state index in [1.807, 2.05) is 24.3 Å². The molecular weight excluding hydrogens is 527 g/mol. The van der Waals surface area contributed by atoms with Gasteiger partial charge in [0.1, 0.15) is 24.7 Å². The molecule has 9 nitrogen and oxygen atoms in total. The lowest BCUT2D eigenvalue weighted by atomic mass is 10.1. The number of ether oxygens (including phenoxy) is 2. The number of benzene rings is 2. The van der Waals surface area contributed by atoms with Crippen molar-refractivity contribution < 1.29 is 27.6 Å². The van der Waals surface area contributed by atoms with E-state index >= 15 is 0 Å². The first-order valence-electron chi connectivity index (χ1n) is 13.5. The number of anilines is 1. The molecule has 0 radical (unpaired) electrons. The summed E-state index contributed by atoms with van der Waals surface area (Å²) >= 11 is 0. The van der Waals surface area contributed by atoms with Gasteiger partial charge in [0.05, 0.1) is 5.56 Å². The number of hydrogen-bond acceptors (Lipinski definition) is 7. The van der Waals surface area contributed by atoms with Gasteiger partial charge in [0.15, 0.2) is 0 Å². The molecule has 1 unspecified atom stereocenters. The van der Waals surface area contributed by atoms with Gasteiger partial charge in [-0.15, -0.1) is 0 Å². The largest absolute Gasteiger partial charge is 0.490 e. The standard InChI is InChI=1S/C28H32F3N5O4/c29-28(30,31)22-6-4-21(5-7-22)3-1-13-33-14-2-15-34(18-17-33)23-8-10-24(11-9-23)39-20-25-12-16-35-19-26(36(37)38)32-27(35)40-25/h4-11,19,25H,1-3,12-18,20H2. The lowest BCUT2D eigenvalue weighted by molar-refractivity contribution is -0.389. The predicted molar refractivity (Wildman–Crippen MR) is 143 cm³/mol. The first-order valence-corrected chi connectivity index (χ1v) is 13.5. The number of aryl methyl sites for hydroxylation is 2. The van der Waals surface area contributed by atoms with E-state index in [9.17, 15) is 23.3 Å². The zero-order valence-corrected chi connectivity index (χ0v) is 22.1. The summed E-state index contributed by atoms with van der Waals surface area (Å²) in [6.45, 7) is 5.60. The second-order valence-corrected chi connectivity index (χ2v) is 10.1. The monoisotopic (exact) mass is 559 g/mol. The van der Waals surface area contributed by atoms with E-state index < -0.39 is 16.7 Å². The van der Waals surface area contributed by atoms with Crippen LogP contribution >= 0.6 is 0 Å². The van der Waals surface area contributed by atoms with Crippen molar-refractivity contribution >= 4 is 11.5 Å². The van der Waals surface area contributed by atoms with Crippen molar-refractivity contribution in [3.63, 3.8) is 0 Å². The highest BCUT2D eigenvalue weighted by atomic mass is 19.4. The molecule has 1 saturated heterocycles. The van der Waals surface area contributed by atoms with Crippen LogP contribution in [0.15, 0.2) is 54.7 Å². The molecule has 1 fully saturated rings. The topological polar surface area (TPSA) is 85.9 Å². The van der Waals surface area contributed by atoms with E-state index in [-0.39, 0.29) is 17.9 Å². The number of rotatable bonds is 9. The number of alkyl halides is 3. The van der Waals surface area contributed by atoms with E-state index in [1.165, 1.54) is 6.20 Å². The SMILES string of the molecule is O=[N+]([O-])c1cn2c(n1)OC(COc1ccc(N3CCCN(CCCc4ccc(C(F)(F)F)cc4)CC3)cc1)CC2. The number of fused-ring (bicyclic) bond motifs is 1. The predicted octanol–water partition coefficient (Wildman–Crippen LogP) is 5.19. The summed E-state index contributed by atoms with van der Waals surface area (Å²) in [6, 6.07) is 13.7. The van der Waals surface area contributed by atoms with E-state index in [1.54, 1.807) is 16.7 Å². The van der Waals surface area contributed by atoms with Crippen LogP contribution in [0.1, 0.15) is 30.4 Å². The third-order valence-corrected chi connectivity index (χ3v) is 7.33. The molecule has 0 aliphatic carbocycles. The molecule has 3 heterocycles. The Labute approximate surface area is 230 Å². The van der Waals surface area contributed by atoms with Gasteiger partial charge in [-0.25, -0.2) is 0 Å². The van der Waals surface area contributed by atoms with Gasteiger partial charge >= 0.3 is 18.0 Å². The fourth-order valence-electron chi connectivity index (χ4n) is 5.10. The second-order valence-electron chi connectivity index (χ2n) is 10.1. The smallest absolute Gasteiger partial charge is 0.416 e. The highest BCUT2D eigenvalue weighted by molar-refractivity contribution is 5.49. The Kier molecular flexibility index (Phi) is 8.43. The van der Waals surface area contributed by atoms with Crippen molar-refractivity contribution in [2.75, 3.05) is 44.2 Å². The maximum atomic E-state index is 12.8. The lowest BCUT2D eigenvalue weighted by Gasteiger charge is -2.24. The molecular formula is C28H32F3N5O4. The number of nitrogens with zero attached hydrogens (tertiary/aromatic N) is 5. The molecule has 40 heavy (non-hydrogen) atoms. The Morgan fingerprint density at radius 3 is 2.52 bits per heavy atom. The van der Waals surface area contributed by atoms with Crippen LogP contribution in [0.5, 0.6) is 11.8 Å². The summed E-state index contributed by atoms with van der Waals surface area (Å²) in [5.41, 5.74) is 1.45. The molecule has 0 N–H and O–H groups in total. The van der Waals surface area contributed by atoms with Crippen LogP contribution < -0.4 is 14.4 Å². The number of aromatic nitrogens is 2. The number of halogens is 3. The molecule has 0 saturated carbocycles. The third kappa shape index (κ3) is 7.04. The van der Waals surface area contributed by atoms with Gasteiger partial charge < -0.3 is 29.4 Å². The minimum atomic E-state index is -4.30. The van der Waals surface area contributed by atoms with Gasteiger partial charge in [-0.2, -0.15) is 13.2 Å². The summed E-state index contributed by atoms with van der Waals surface area (Å²) in [5, 5.41) is 10.9. The van der Waals surface area contributed by atoms with E-state index in [0.29, 0.717) is 19.6 Å². The molecule has 0 amide bonds. The summed E-state index contributed by atoms with van der Waals surface area (Å²) in [7, 11) is 0. The number of nitro groups is 1. The quantitative estimate of drug-likeness (QED) is 0.264. The highest BCUT2D eigenvalue weighted by Gasteiger charge is 2.30. The van der Waals surface area contributed by atoms with Gasteiger partial charge in [-0.05, 0) is 79.2 Å². The minimum absolute atomic E-state index is 0.220. The van der Waals surface area contributed by atoms with Crippen molar-refractivity contribution in [1.29, 1.82) is 0 Å². The van der Waals surface area contributed by atoms with Crippen molar-refractivity contribution in [3.05, 3.63) is 76.0 Å². The molecule has 2 aliphatic heterocycles. The summed E-state index contributed by atoms with van der Waals surface area (Å²) in [4.78, 5) is 19.1. The molecule has 12 heteroatoms. The average Bonchev–Trinajstić information content (AvgIpc) is 3.24. The normalized spacial score (nSPS) is 18.1. The van der Waals surface area contributed by atoms with Crippen molar-refractivity contribution in [2.24, 2.45) is 0 Å². The van der Waals surface area contributed by atoms with Crippen molar-refractivity contribution in [3.8, 4) is 11.8 Å². The molecule has 0 bridgehead atoms. The molecule has 214 valence electrons. The van der Waals surface area contributed by atoms with E-state index in [2.05, 4.69) is 14.8 Å². The Morgan fingerprint density at radius 1 is 1.02 bits per heavy atom. The molecule has 2 aromatic carbocycles. The van der Waals surface area contributed by atoms with Crippen LogP contribution in [0.4, 0.5) is 24.7 Å². The first kappa shape index (κ1) is 27.8. The molecule has 0 spiro atoms. The second kappa shape index (κ2) is 12.2. The van der Waals surface area contributed by atoms with Crippen molar-refractivity contribution in [1.82, 2.24) is 14.5 Å². The minimum Gasteiger partial charge on any atom is -0.490 e. The molecule has 1 aromatic heterocycles. The summed E-state index contributed by atoms with van der Waals surface area (Å²) < 4.78 is 51.6. The molecule has 2 aliphatic rings. The van der Waals surface area contributed by atoms with Crippen LogP contribution in [0.3, 0.4) is 0 Å². The Morgan fingerprint density at radius 2 is 1.80 bits per heavy atom. The fourth-order valence-corrected chi connectivity index (χ4v) is 5.10. The molecule has 3 aromatic rings. The van der Waals surface area contributed by atoms with Crippen LogP contribution in [0.25, 0.3) is 0 Å².